The Morgan fingerprint density at radius 1 is 1.37 bits per heavy atom. The molecule has 1 aliphatic heterocycles. The molecular formula is C14H24N4O. The fourth-order valence-corrected chi connectivity index (χ4v) is 2.75. The van der Waals surface area contributed by atoms with Gasteiger partial charge in [-0.3, -0.25) is 0 Å². The zero-order valence-electron chi connectivity index (χ0n) is 11.9. The number of hydrogen-bond donors (Lipinski definition) is 1. The quantitative estimate of drug-likeness (QED) is 0.904. The summed E-state index contributed by atoms with van der Waals surface area (Å²) in [6.07, 6.45) is 6.21. The van der Waals surface area contributed by atoms with Gasteiger partial charge in [-0.1, -0.05) is 19.8 Å². The van der Waals surface area contributed by atoms with E-state index in [2.05, 4.69) is 21.8 Å². The van der Waals surface area contributed by atoms with Crippen molar-refractivity contribution < 1.29 is 4.74 Å². The summed E-state index contributed by atoms with van der Waals surface area (Å²) >= 11 is 0. The average Bonchev–Trinajstić information content (AvgIpc) is 2.63. The van der Waals surface area contributed by atoms with Gasteiger partial charge in [0.2, 0.25) is 0 Å². The number of anilines is 2. The maximum atomic E-state index is 5.89. The van der Waals surface area contributed by atoms with E-state index >= 15 is 0 Å². The lowest BCUT2D eigenvalue weighted by Gasteiger charge is -2.30. The van der Waals surface area contributed by atoms with E-state index in [4.69, 9.17) is 10.5 Å². The van der Waals surface area contributed by atoms with E-state index in [9.17, 15) is 0 Å². The molecule has 0 saturated carbocycles. The van der Waals surface area contributed by atoms with Gasteiger partial charge in [-0.2, -0.15) is 0 Å². The minimum absolute atomic E-state index is 0.405. The Bertz CT molecular complexity index is 410. The van der Waals surface area contributed by atoms with Crippen molar-refractivity contribution in [2.24, 2.45) is 0 Å². The molecular weight excluding hydrogens is 240 g/mol. The predicted molar refractivity (Wildman–Crippen MR) is 77.1 cm³/mol. The molecule has 2 rings (SSSR count). The number of nitrogen functional groups attached to an aromatic ring is 1. The maximum Gasteiger partial charge on any atom is 0.158 e. The van der Waals surface area contributed by atoms with Crippen molar-refractivity contribution in [2.45, 2.75) is 51.7 Å². The van der Waals surface area contributed by atoms with Crippen molar-refractivity contribution >= 4 is 11.6 Å². The highest BCUT2D eigenvalue weighted by Crippen LogP contribution is 2.25. The van der Waals surface area contributed by atoms with Crippen molar-refractivity contribution in [1.82, 2.24) is 9.97 Å². The standard InChI is InChI=1S/C14H24N4O/c1-3-11-7-5-4-6-8-18(11)14-9-12(15)16-13(17-14)10-19-2/h9,11H,3-8,10H2,1-2H3,(H2,15,16,17). The molecule has 1 fully saturated rings. The summed E-state index contributed by atoms with van der Waals surface area (Å²) in [5.41, 5.74) is 5.89. The van der Waals surface area contributed by atoms with Gasteiger partial charge in [0, 0.05) is 25.8 Å². The van der Waals surface area contributed by atoms with Crippen molar-refractivity contribution in [3.05, 3.63) is 11.9 Å². The Labute approximate surface area is 115 Å². The molecule has 1 atom stereocenters. The van der Waals surface area contributed by atoms with Crippen LogP contribution in [0.25, 0.3) is 0 Å². The van der Waals surface area contributed by atoms with Crippen LogP contribution < -0.4 is 10.6 Å². The van der Waals surface area contributed by atoms with Gasteiger partial charge in [0.05, 0.1) is 0 Å². The normalized spacial score (nSPS) is 20.3. The lowest BCUT2D eigenvalue weighted by molar-refractivity contribution is 0.178. The summed E-state index contributed by atoms with van der Waals surface area (Å²) in [5.74, 6) is 2.14. The highest BCUT2D eigenvalue weighted by molar-refractivity contribution is 5.48. The van der Waals surface area contributed by atoms with E-state index in [1.807, 2.05) is 6.07 Å². The fraction of sp³-hybridized carbons (Fsp3) is 0.714. The average molecular weight is 264 g/mol. The van der Waals surface area contributed by atoms with Crippen molar-refractivity contribution in [2.75, 3.05) is 24.3 Å². The molecule has 2 N–H and O–H groups in total. The van der Waals surface area contributed by atoms with Crippen molar-refractivity contribution in [1.29, 1.82) is 0 Å². The molecule has 5 heteroatoms. The van der Waals surface area contributed by atoms with Gasteiger partial charge < -0.3 is 15.4 Å². The summed E-state index contributed by atoms with van der Waals surface area (Å²) in [4.78, 5) is 11.2. The Morgan fingerprint density at radius 2 is 2.21 bits per heavy atom. The van der Waals surface area contributed by atoms with E-state index < -0.39 is 0 Å². The number of hydrogen-bond acceptors (Lipinski definition) is 5. The molecule has 19 heavy (non-hydrogen) atoms. The van der Waals surface area contributed by atoms with Crippen LogP contribution in [-0.2, 0) is 11.3 Å². The molecule has 0 aliphatic carbocycles. The highest BCUT2D eigenvalue weighted by atomic mass is 16.5. The van der Waals surface area contributed by atoms with Crippen molar-refractivity contribution in [3.8, 4) is 0 Å². The lowest BCUT2D eigenvalue weighted by atomic mass is 10.1. The molecule has 0 spiro atoms. The van der Waals surface area contributed by atoms with E-state index in [1.54, 1.807) is 7.11 Å². The van der Waals surface area contributed by atoms with Gasteiger partial charge in [0.1, 0.15) is 18.2 Å². The first-order valence-electron chi connectivity index (χ1n) is 7.13. The second kappa shape index (κ2) is 6.70. The van der Waals surface area contributed by atoms with Crippen LogP contribution in [0.3, 0.4) is 0 Å². The number of nitrogens with zero attached hydrogens (tertiary/aromatic N) is 3. The molecule has 2 heterocycles. The summed E-state index contributed by atoms with van der Waals surface area (Å²) in [6.45, 7) is 3.70. The predicted octanol–water partition coefficient (Wildman–Crippen LogP) is 2.36. The molecule has 1 saturated heterocycles. The highest BCUT2D eigenvalue weighted by Gasteiger charge is 2.21. The zero-order valence-corrected chi connectivity index (χ0v) is 11.9. The molecule has 0 bridgehead atoms. The van der Waals surface area contributed by atoms with Crippen LogP contribution in [0.5, 0.6) is 0 Å². The topological polar surface area (TPSA) is 64.3 Å². The summed E-state index contributed by atoms with van der Waals surface area (Å²) in [5, 5.41) is 0. The van der Waals surface area contributed by atoms with Crippen LogP contribution in [-0.4, -0.2) is 29.7 Å². The van der Waals surface area contributed by atoms with Gasteiger partial charge in [-0.25, -0.2) is 9.97 Å². The van der Waals surface area contributed by atoms with Crippen molar-refractivity contribution in [3.63, 3.8) is 0 Å². The van der Waals surface area contributed by atoms with Crippen LogP contribution in [0.1, 0.15) is 44.9 Å². The number of ether oxygens (including phenoxy) is 1. The number of nitrogens with two attached hydrogens (primary N) is 1. The first kappa shape index (κ1) is 14.1. The minimum atomic E-state index is 0.405. The third-order valence-electron chi connectivity index (χ3n) is 3.69. The lowest BCUT2D eigenvalue weighted by Crippen LogP contribution is -2.35. The molecule has 0 amide bonds. The number of rotatable bonds is 4. The first-order valence-corrected chi connectivity index (χ1v) is 7.13. The summed E-state index contributed by atoms with van der Waals surface area (Å²) in [7, 11) is 1.65. The Kier molecular flexibility index (Phi) is 4.96. The van der Waals surface area contributed by atoms with Crippen LogP contribution in [0.2, 0.25) is 0 Å². The SMILES string of the molecule is CCC1CCCCCN1c1cc(N)nc(COC)n1. The molecule has 0 aromatic carbocycles. The number of aromatic nitrogens is 2. The Morgan fingerprint density at radius 3 is 2.95 bits per heavy atom. The van der Waals surface area contributed by atoms with E-state index in [0.717, 1.165) is 18.8 Å². The van der Waals surface area contributed by atoms with Gasteiger partial charge in [0.15, 0.2) is 5.82 Å². The fourth-order valence-electron chi connectivity index (χ4n) is 2.75. The van der Waals surface area contributed by atoms with Gasteiger partial charge in [-0.15, -0.1) is 0 Å². The second-order valence-electron chi connectivity index (χ2n) is 5.11. The second-order valence-corrected chi connectivity index (χ2v) is 5.11. The minimum Gasteiger partial charge on any atom is -0.384 e. The van der Waals surface area contributed by atoms with Gasteiger partial charge in [-0.05, 0) is 19.3 Å². The monoisotopic (exact) mass is 264 g/mol. The largest absolute Gasteiger partial charge is 0.384 e. The molecule has 1 aliphatic rings. The number of methoxy groups -OCH3 is 1. The van der Waals surface area contributed by atoms with Gasteiger partial charge in [0.25, 0.3) is 0 Å². The summed E-state index contributed by atoms with van der Waals surface area (Å²) in [6, 6.07) is 2.44. The van der Waals surface area contributed by atoms with E-state index in [0.29, 0.717) is 24.3 Å². The maximum absolute atomic E-state index is 5.89. The molecule has 0 radical (unpaired) electrons. The molecule has 1 unspecified atom stereocenters. The third kappa shape index (κ3) is 3.56. The summed E-state index contributed by atoms with van der Waals surface area (Å²) < 4.78 is 5.10. The third-order valence-corrected chi connectivity index (χ3v) is 3.69. The van der Waals surface area contributed by atoms with Crippen LogP contribution >= 0.6 is 0 Å². The van der Waals surface area contributed by atoms with Crippen LogP contribution in [0.15, 0.2) is 6.07 Å². The molecule has 1 aromatic rings. The molecule has 5 nitrogen and oxygen atoms in total. The van der Waals surface area contributed by atoms with Crippen LogP contribution in [0.4, 0.5) is 11.6 Å². The van der Waals surface area contributed by atoms with E-state index in [-0.39, 0.29) is 0 Å². The Hall–Kier alpha value is -1.36. The molecule has 106 valence electrons. The Balaban J connectivity index is 2.26. The van der Waals surface area contributed by atoms with E-state index in [1.165, 1.54) is 25.7 Å². The first-order chi connectivity index (χ1) is 9.24. The van der Waals surface area contributed by atoms with Gasteiger partial charge >= 0.3 is 0 Å². The van der Waals surface area contributed by atoms with Crippen LogP contribution in [0, 0.1) is 0 Å². The zero-order chi connectivity index (χ0) is 13.7. The smallest absolute Gasteiger partial charge is 0.158 e. The molecule has 1 aromatic heterocycles.